The molecule has 2 nitrogen and oxygen atoms in total. The van der Waals surface area contributed by atoms with Crippen LogP contribution in [-0.2, 0) is 9.78 Å². The number of hydrogen-bond donors (Lipinski definition) is 0. The maximum Gasteiger partial charge on any atom is 0.127 e. The van der Waals surface area contributed by atoms with Crippen molar-refractivity contribution in [1.29, 1.82) is 0 Å². The van der Waals surface area contributed by atoms with E-state index >= 15 is 0 Å². The van der Waals surface area contributed by atoms with Gasteiger partial charge in [0.15, 0.2) is 0 Å². The van der Waals surface area contributed by atoms with Crippen LogP contribution in [0, 0.1) is 0 Å². The van der Waals surface area contributed by atoms with Crippen LogP contribution in [0.2, 0.25) is 0 Å². The SMILES string of the molecule is CC1OOC1(C)C. The minimum absolute atomic E-state index is 0.0417. The van der Waals surface area contributed by atoms with Gasteiger partial charge in [-0.1, -0.05) is 0 Å². The Labute approximate surface area is 43.3 Å². The molecule has 2 heteroatoms. The van der Waals surface area contributed by atoms with Crippen molar-refractivity contribution >= 4 is 0 Å². The zero-order valence-corrected chi connectivity index (χ0v) is 4.89. The zero-order valence-electron chi connectivity index (χ0n) is 4.89. The Bertz CT molecular complexity index is 78.1. The van der Waals surface area contributed by atoms with Crippen LogP contribution in [0.3, 0.4) is 0 Å². The van der Waals surface area contributed by atoms with Gasteiger partial charge in [-0.25, -0.2) is 9.78 Å². The summed E-state index contributed by atoms with van der Waals surface area (Å²) in [6, 6.07) is 0. The minimum atomic E-state index is -0.0417. The molecular weight excluding hydrogens is 92.1 g/mol. The van der Waals surface area contributed by atoms with Crippen LogP contribution >= 0.6 is 0 Å². The predicted octanol–water partition coefficient (Wildman–Crippen LogP) is 1.12. The molecule has 0 N–H and O–H groups in total. The largest absolute Gasteiger partial charge is 0.230 e. The molecule has 0 bridgehead atoms. The lowest BCUT2D eigenvalue weighted by Gasteiger charge is -2.39. The molecule has 1 atom stereocenters. The summed E-state index contributed by atoms with van der Waals surface area (Å²) < 4.78 is 0. The smallest absolute Gasteiger partial charge is 0.127 e. The normalized spacial score (nSPS) is 37.3. The molecule has 0 spiro atoms. The Morgan fingerprint density at radius 3 is 1.86 bits per heavy atom. The van der Waals surface area contributed by atoms with Crippen molar-refractivity contribution in [1.82, 2.24) is 0 Å². The molecule has 0 aliphatic carbocycles. The first-order chi connectivity index (χ1) is 3.13. The lowest BCUT2D eigenvalue weighted by Crippen LogP contribution is -2.49. The molecule has 0 aromatic rings. The summed E-state index contributed by atoms with van der Waals surface area (Å²) in [6.45, 7) is 5.99. The molecule has 1 fully saturated rings. The van der Waals surface area contributed by atoms with Gasteiger partial charge in [-0.05, 0) is 20.8 Å². The lowest BCUT2D eigenvalue weighted by atomic mass is 10.0. The van der Waals surface area contributed by atoms with E-state index in [1.807, 2.05) is 20.8 Å². The molecule has 0 amide bonds. The molecule has 0 radical (unpaired) electrons. The van der Waals surface area contributed by atoms with Gasteiger partial charge in [-0.15, -0.1) is 0 Å². The number of hydrogen-bond acceptors (Lipinski definition) is 2. The van der Waals surface area contributed by atoms with Crippen molar-refractivity contribution < 1.29 is 9.78 Å². The van der Waals surface area contributed by atoms with Gasteiger partial charge in [0.05, 0.1) is 0 Å². The highest BCUT2D eigenvalue weighted by molar-refractivity contribution is 4.78. The van der Waals surface area contributed by atoms with Crippen molar-refractivity contribution in [2.75, 3.05) is 0 Å². The van der Waals surface area contributed by atoms with Crippen LogP contribution in [0.5, 0.6) is 0 Å². The van der Waals surface area contributed by atoms with Gasteiger partial charge in [-0.2, -0.15) is 0 Å². The second kappa shape index (κ2) is 1.20. The average molecular weight is 102 g/mol. The molecule has 0 saturated carbocycles. The molecule has 1 aliphatic rings. The molecule has 7 heavy (non-hydrogen) atoms. The van der Waals surface area contributed by atoms with Gasteiger partial charge in [0.25, 0.3) is 0 Å². The number of rotatable bonds is 0. The standard InChI is InChI=1S/C5H10O2/c1-4-5(2,3)7-6-4/h4H,1-3H3. The highest BCUT2D eigenvalue weighted by atomic mass is 17.3. The Morgan fingerprint density at radius 2 is 1.86 bits per heavy atom. The molecule has 42 valence electrons. The van der Waals surface area contributed by atoms with Crippen molar-refractivity contribution in [3.63, 3.8) is 0 Å². The third-order valence-corrected chi connectivity index (χ3v) is 1.39. The molecule has 0 aromatic heterocycles. The summed E-state index contributed by atoms with van der Waals surface area (Å²) in [5.41, 5.74) is -0.0417. The molecule has 1 aliphatic heterocycles. The van der Waals surface area contributed by atoms with E-state index in [-0.39, 0.29) is 11.7 Å². The van der Waals surface area contributed by atoms with Crippen LogP contribution in [0.25, 0.3) is 0 Å². The van der Waals surface area contributed by atoms with Crippen LogP contribution in [0.1, 0.15) is 20.8 Å². The first-order valence-corrected chi connectivity index (χ1v) is 2.47. The third-order valence-electron chi connectivity index (χ3n) is 1.39. The molecule has 0 aromatic carbocycles. The van der Waals surface area contributed by atoms with E-state index in [2.05, 4.69) is 4.89 Å². The fourth-order valence-corrected chi connectivity index (χ4v) is 0.337. The fourth-order valence-electron chi connectivity index (χ4n) is 0.337. The van der Waals surface area contributed by atoms with E-state index < -0.39 is 0 Å². The van der Waals surface area contributed by atoms with E-state index in [1.165, 1.54) is 0 Å². The molecular formula is C5H10O2. The Kier molecular flexibility index (Phi) is 0.869. The summed E-state index contributed by atoms with van der Waals surface area (Å²) >= 11 is 0. The zero-order chi connectivity index (χ0) is 5.49. The van der Waals surface area contributed by atoms with Gasteiger partial charge in [0, 0.05) is 0 Å². The average Bonchev–Trinajstić information content (AvgIpc) is 1.63. The van der Waals surface area contributed by atoms with Crippen molar-refractivity contribution in [2.45, 2.75) is 32.5 Å². The van der Waals surface area contributed by atoms with Crippen molar-refractivity contribution in [2.24, 2.45) is 0 Å². The Balaban J connectivity index is 2.43. The van der Waals surface area contributed by atoms with Crippen LogP contribution in [0.4, 0.5) is 0 Å². The second-order valence-corrected chi connectivity index (χ2v) is 2.43. The second-order valence-electron chi connectivity index (χ2n) is 2.43. The summed E-state index contributed by atoms with van der Waals surface area (Å²) in [6.07, 6.45) is 0.257. The predicted molar refractivity (Wildman–Crippen MR) is 25.7 cm³/mol. The van der Waals surface area contributed by atoms with E-state index in [0.717, 1.165) is 0 Å². The van der Waals surface area contributed by atoms with E-state index in [0.29, 0.717) is 0 Å². The molecule has 1 saturated heterocycles. The Morgan fingerprint density at radius 1 is 1.43 bits per heavy atom. The summed E-state index contributed by atoms with van der Waals surface area (Å²) in [4.78, 5) is 9.38. The highest BCUT2D eigenvalue weighted by Gasteiger charge is 2.39. The summed E-state index contributed by atoms with van der Waals surface area (Å²) in [5.74, 6) is 0. The fraction of sp³-hybridized carbons (Fsp3) is 1.00. The summed E-state index contributed by atoms with van der Waals surface area (Å²) in [7, 11) is 0. The Hall–Kier alpha value is -0.0800. The van der Waals surface area contributed by atoms with Gasteiger partial charge < -0.3 is 0 Å². The molecule has 1 unspecified atom stereocenters. The van der Waals surface area contributed by atoms with Gasteiger partial charge in [0.2, 0.25) is 0 Å². The first-order valence-electron chi connectivity index (χ1n) is 2.47. The molecule has 1 heterocycles. The van der Waals surface area contributed by atoms with Crippen molar-refractivity contribution in [3.8, 4) is 0 Å². The van der Waals surface area contributed by atoms with Crippen LogP contribution in [0.15, 0.2) is 0 Å². The van der Waals surface area contributed by atoms with Gasteiger partial charge in [0.1, 0.15) is 11.7 Å². The van der Waals surface area contributed by atoms with Gasteiger partial charge in [-0.3, -0.25) is 0 Å². The van der Waals surface area contributed by atoms with Gasteiger partial charge >= 0.3 is 0 Å². The monoisotopic (exact) mass is 102 g/mol. The van der Waals surface area contributed by atoms with E-state index in [1.54, 1.807) is 0 Å². The minimum Gasteiger partial charge on any atom is -0.230 e. The lowest BCUT2D eigenvalue weighted by molar-refractivity contribution is -0.496. The first kappa shape index (κ1) is 5.06. The van der Waals surface area contributed by atoms with Crippen LogP contribution in [-0.4, -0.2) is 11.7 Å². The van der Waals surface area contributed by atoms with Crippen molar-refractivity contribution in [3.05, 3.63) is 0 Å². The summed E-state index contributed by atoms with van der Waals surface area (Å²) in [5, 5.41) is 0. The maximum absolute atomic E-state index is 4.73. The quantitative estimate of drug-likeness (QED) is 0.426. The third kappa shape index (κ3) is 0.640. The molecule has 1 rings (SSSR count). The highest BCUT2D eigenvalue weighted by Crippen LogP contribution is 2.27. The topological polar surface area (TPSA) is 18.5 Å². The van der Waals surface area contributed by atoms with Crippen LogP contribution < -0.4 is 0 Å². The van der Waals surface area contributed by atoms with E-state index in [4.69, 9.17) is 4.89 Å². The van der Waals surface area contributed by atoms with E-state index in [9.17, 15) is 0 Å². The maximum atomic E-state index is 4.73.